The van der Waals surface area contributed by atoms with Gasteiger partial charge in [0.05, 0.1) is 6.54 Å². The molecule has 1 aromatic carbocycles. The minimum absolute atomic E-state index is 0.162. The molecule has 1 amide bonds. The van der Waals surface area contributed by atoms with Crippen LogP contribution in [-0.4, -0.2) is 33.4 Å². The van der Waals surface area contributed by atoms with Gasteiger partial charge >= 0.3 is 0 Å². The molecule has 116 valence electrons. The largest absolute Gasteiger partial charge is 0.347 e. The molecule has 0 atom stereocenters. The van der Waals surface area contributed by atoms with E-state index in [1.54, 1.807) is 0 Å². The van der Waals surface area contributed by atoms with Crippen LogP contribution >= 0.6 is 11.6 Å². The lowest BCUT2D eigenvalue weighted by molar-refractivity contribution is 0.0946. The molecule has 22 heavy (non-hydrogen) atoms. The molecule has 0 unspecified atom stereocenters. The van der Waals surface area contributed by atoms with Crippen molar-refractivity contribution >= 4 is 17.5 Å². The lowest BCUT2D eigenvalue weighted by Gasteiger charge is -2.25. The van der Waals surface area contributed by atoms with Gasteiger partial charge in [0.1, 0.15) is 11.5 Å². The third kappa shape index (κ3) is 3.15. The van der Waals surface area contributed by atoms with E-state index in [2.05, 4.69) is 26.7 Å². The van der Waals surface area contributed by atoms with Crippen molar-refractivity contribution in [2.24, 2.45) is 0 Å². The molecule has 0 fully saturated rings. The van der Waals surface area contributed by atoms with E-state index < -0.39 is 0 Å². The molecule has 5 nitrogen and oxygen atoms in total. The zero-order valence-corrected chi connectivity index (χ0v) is 13.3. The molecule has 0 radical (unpaired) electrons. The fourth-order valence-corrected chi connectivity index (χ4v) is 2.79. The quantitative estimate of drug-likeness (QED) is 0.941. The smallest absolute Gasteiger partial charge is 0.271 e. The van der Waals surface area contributed by atoms with Crippen LogP contribution in [0.25, 0.3) is 0 Å². The number of amides is 1. The number of hydrogen-bond donors (Lipinski definition) is 1. The lowest BCUT2D eigenvalue weighted by Crippen LogP contribution is -2.33. The van der Waals surface area contributed by atoms with Crippen LogP contribution in [0.15, 0.2) is 30.5 Å². The average molecular weight is 319 g/mol. The van der Waals surface area contributed by atoms with Gasteiger partial charge in [-0.25, -0.2) is 4.98 Å². The number of carbonyl (C=O) groups is 1. The first-order valence-electron chi connectivity index (χ1n) is 7.47. The summed E-state index contributed by atoms with van der Waals surface area (Å²) >= 11 is 6.09. The van der Waals surface area contributed by atoms with E-state index in [1.165, 1.54) is 0 Å². The van der Waals surface area contributed by atoms with E-state index in [9.17, 15) is 4.79 Å². The SMILES string of the molecule is CCN1CCn2cc(C(=O)NCc3ccccc3Cl)nc2C1. The van der Waals surface area contributed by atoms with Gasteiger partial charge in [0, 0.05) is 30.9 Å². The second-order valence-electron chi connectivity index (χ2n) is 5.38. The highest BCUT2D eigenvalue weighted by Gasteiger charge is 2.19. The zero-order valence-electron chi connectivity index (χ0n) is 12.6. The summed E-state index contributed by atoms with van der Waals surface area (Å²) < 4.78 is 2.07. The highest BCUT2D eigenvalue weighted by atomic mass is 35.5. The highest BCUT2D eigenvalue weighted by Crippen LogP contribution is 2.15. The molecule has 0 saturated carbocycles. The minimum Gasteiger partial charge on any atom is -0.347 e. The maximum absolute atomic E-state index is 12.3. The molecular formula is C16H19ClN4O. The highest BCUT2D eigenvalue weighted by molar-refractivity contribution is 6.31. The molecule has 0 spiro atoms. The average Bonchev–Trinajstić information content (AvgIpc) is 2.96. The fourth-order valence-electron chi connectivity index (χ4n) is 2.59. The van der Waals surface area contributed by atoms with E-state index in [4.69, 9.17) is 11.6 Å². The van der Waals surface area contributed by atoms with Crippen molar-refractivity contribution in [1.82, 2.24) is 19.8 Å². The summed E-state index contributed by atoms with van der Waals surface area (Å²) in [5.41, 5.74) is 1.37. The summed E-state index contributed by atoms with van der Waals surface area (Å²) in [6, 6.07) is 7.50. The Labute approximate surface area is 134 Å². The molecule has 0 aliphatic carbocycles. The topological polar surface area (TPSA) is 50.2 Å². The molecule has 1 aromatic heterocycles. The second-order valence-corrected chi connectivity index (χ2v) is 5.79. The number of rotatable bonds is 4. The Morgan fingerprint density at radius 2 is 2.18 bits per heavy atom. The second kappa shape index (κ2) is 6.50. The zero-order chi connectivity index (χ0) is 15.5. The van der Waals surface area contributed by atoms with Crippen LogP contribution in [0.2, 0.25) is 5.02 Å². The van der Waals surface area contributed by atoms with E-state index in [1.807, 2.05) is 30.5 Å². The van der Waals surface area contributed by atoms with Gasteiger partial charge in [0.2, 0.25) is 0 Å². The normalized spacial score (nSPS) is 14.6. The molecule has 0 bridgehead atoms. The first kappa shape index (κ1) is 15.1. The fraction of sp³-hybridized carbons (Fsp3) is 0.375. The lowest BCUT2D eigenvalue weighted by atomic mass is 10.2. The molecule has 2 aromatic rings. The summed E-state index contributed by atoms with van der Waals surface area (Å²) in [6.45, 7) is 6.22. The van der Waals surface area contributed by atoms with Crippen LogP contribution in [0.1, 0.15) is 28.8 Å². The van der Waals surface area contributed by atoms with Crippen LogP contribution in [-0.2, 0) is 19.6 Å². The van der Waals surface area contributed by atoms with Crippen LogP contribution in [0.3, 0.4) is 0 Å². The Bertz CT molecular complexity index is 683. The van der Waals surface area contributed by atoms with Gasteiger partial charge in [0.15, 0.2) is 0 Å². The number of likely N-dealkylation sites (N-methyl/N-ethyl adjacent to an activating group) is 1. The predicted octanol–water partition coefficient (Wildman–Crippen LogP) is 2.30. The van der Waals surface area contributed by atoms with Gasteiger partial charge in [-0.2, -0.15) is 0 Å². The number of nitrogens with zero attached hydrogens (tertiary/aromatic N) is 3. The molecular weight excluding hydrogens is 300 g/mol. The third-order valence-electron chi connectivity index (χ3n) is 3.96. The number of halogens is 1. The maximum Gasteiger partial charge on any atom is 0.271 e. The first-order chi connectivity index (χ1) is 10.7. The Balaban J connectivity index is 1.66. The van der Waals surface area contributed by atoms with Crippen molar-refractivity contribution in [1.29, 1.82) is 0 Å². The molecule has 1 aliphatic heterocycles. The number of nitrogens with one attached hydrogen (secondary N) is 1. The van der Waals surface area contributed by atoms with Gasteiger partial charge in [-0.1, -0.05) is 36.7 Å². The van der Waals surface area contributed by atoms with Gasteiger partial charge in [0.25, 0.3) is 5.91 Å². The van der Waals surface area contributed by atoms with Crippen LogP contribution in [0, 0.1) is 0 Å². The van der Waals surface area contributed by atoms with Crippen molar-refractivity contribution < 1.29 is 4.79 Å². The Kier molecular flexibility index (Phi) is 4.45. The van der Waals surface area contributed by atoms with Gasteiger partial charge < -0.3 is 9.88 Å². The molecule has 1 N–H and O–H groups in total. The predicted molar refractivity (Wildman–Crippen MR) is 85.8 cm³/mol. The van der Waals surface area contributed by atoms with Gasteiger partial charge in [-0.3, -0.25) is 9.69 Å². The number of hydrogen-bond acceptors (Lipinski definition) is 3. The van der Waals surface area contributed by atoms with E-state index in [0.717, 1.165) is 37.6 Å². The maximum atomic E-state index is 12.3. The monoisotopic (exact) mass is 318 g/mol. The number of fused-ring (bicyclic) bond motifs is 1. The summed E-state index contributed by atoms with van der Waals surface area (Å²) in [4.78, 5) is 19.0. The summed E-state index contributed by atoms with van der Waals surface area (Å²) in [5.74, 6) is 0.792. The minimum atomic E-state index is -0.162. The van der Waals surface area contributed by atoms with Crippen LogP contribution in [0.5, 0.6) is 0 Å². The van der Waals surface area contributed by atoms with Crippen molar-refractivity contribution in [3.63, 3.8) is 0 Å². The van der Waals surface area contributed by atoms with E-state index >= 15 is 0 Å². The number of imidazole rings is 1. The van der Waals surface area contributed by atoms with Crippen molar-refractivity contribution in [2.75, 3.05) is 13.1 Å². The van der Waals surface area contributed by atoms with Gasteiger partial charge in [-0.15, -0.1) is 0 Å². The van der Waals surface area contributed by atoms with Crippen molar-refractivity contribution in [3.05, 3.63) is 52.6 Å². The first-order valence-corrected chi connectivity index (χ1v) is 7.85. The molecule has 3 rings (SSSR count). The number of aromatic nitrogens is 2. The number of carbonyl (C=O) groups excluding carboxylic acids is 1. The van der Waals surface area contributed by atoms with E-state index in [-0.39, 0.29) is 5.91 Å². The van der Waals surface area contributed by atoms with E-state index in [0.29, 0.717) is 17.3 Å². The Hall–Kier alpha value is -1.85. The standard InChI is InChI=1S/C16H19ClN4O/c1-2-20-7-8-21-10-14(19-15(21)11-20)16(22)18-9-12-5-3-4-6-13(12)17/h3-6,10H,2,7-9,11H2,1H3,(H,18,22). The van der Waals surface area contributed by atoms with Crippen molar-refractivity contribution in [3.8, 4) is 0 Å². The van der Waals surface area contributed by atoms with Crippen LogP contribution in [0.4, 0.5) is 0 Å². The molecule has 0 saturated heterocycles. The third-order valence-corrected chi connectivity index (χ3v) is 4.33. The Morgan fingerprint density at radius 3 is 2.95 bits per heavy atom. The van der Waals surface area contributed by atoms with Gasteiger partial charge in [-0.05, 0) is 18.2 Å². The van der Waals surface area contributed by atoms with Crippen LogP contribution < -0.4 is 5.32 Å². The summed E-state index contributed by atoms with van der Waals surface area (Å²) in [5, 5.41) is 3.54. The summed E-state index contributed by atoms with van der Waals surface area (Å²) in [6.07, 6.45) is 1.84. The molecule has 1 aliphatic rings. The Morgan fingerprint density at radius 1 is 1.36 bits per heavy atom. The van der Waals surface area contributed by atoms with Crippen molar-refractivity contribution in [2.45, 2.75) is 26.6 Å². The summed E-state index contributed by atoms with van der Waals surface area (Å²) in [7, 11) is 0. The molecule has 6 heteroatoms. The molecule has 2 heterocycles. The number of benzene rings is 1.